The molecule has 2 aliphatic rings. The highest BCUT2D eigenvalue weighted by Crippen LogP contribution is 2.34. The van der Waals surface area contributed by atoms with Crippen molar-refractivity contribution in [3.8, 4) is 0 Å². The molecule has 2 atom stereocenters. The molecule has 1 unspecified atom stereocenters. The molecule has 0 radical (unpaired) electrons. The van der Waals surface area contributed by atoms with Crippen LogP contribution < -0.4 is 5.32 Å². The Morgan fingerprint density at radius 2 is 2.09 bits per heavy atom. The molecule has 2 fully saturated rings. The third kappa shape index (κ3) is 5.87. The van der Waals surface area contributed by atoms with Crippen LogP contribution in [0.15, 0.2) is 18.2 Å². The highest BCUT2D eigenvalue weighted by Gasteiger charge is 2.27. The number of hydrogen-bond donors (Lipinski definition) is 1. The molecule has 1 aliphatic heterocycles. The number of imidazole rings is 1. The van der Waals surface area contributed by atoms with Crippen LogP contribution in [0.1, 0.15) is 62.7 Å². The van der Waals surface area contributed by atoms with Crippen LogP contribution in [0.25, 0.3) is 11.0 Å². The molecule has 1 N–H and O–H groups in total. The molecule has 1 amide bonds. The van der Waals surface area contributed by atoms with Gasteiger partial charge in [-0.2, -0.15) is 0 Å². The first-order valence-corrected chi connectivity index (χ1v) is 12.8. The van der Waals surface area contributed by atoms with E-state index in [-0.39, 0.29) is 11.9 Å². The van der Waals surface area contributed by atoms with Gasteiger partial charge in [-0.1, -0.05) is 6.92 Å². The van der Waals surface area contributed by atoms with Gasteiger partial charge in [-0.3, -0.25) is 4.79 Å². The van der Waals surface area contributed by atoms with E-state index in [1.165, 1.54) is 19.3 Å². The third-order valence-corrected chi connectivity index (χ3v) is 7.12. The summed E-state index contributed by atoms with van der Waals surface area (Å²) in [6, 6.07) is 6.50. The SMILES string of the molecule is CCCN1CCCC(N(C)C(=O)c2ccc3c(c2)nc(N[C@@H](C)COC)n3CC2CC2)CC1. The zero-order valence-electron chi connectivity index (χ0n) is 20.8. The average molecular weight is 456 g/mol. The second-order valence-corrected chi connectivity index (χ2v) is 10.0. The third-order valence-electron chi connectivity index (χ3n) is 7.12. The number of nitrogens with one attached hydrogen (secondary N) is 1. The smallest absolute Gasteiger partial charge is 0.253 e. The minimum atomic E-state index is 0.102. The Morgan fingerprint density at radius 3 is 2.82 bits per heavy atom. The quantitative estimate of drug-likeness (QED) is 0.581. The number of hydrogen-bond acceptors (Lipinski definition) is 5. The molecule has 0 bridgehead atoms. The summed E-state index contributed by atoms with van der Waals surface area (Å²) in [6.07, 6.45) is 7.03. The molecule has 4 rings (SSSR count). The topological polar surface area (TPSA) is 62.6 Å². The zero-order chi connectivity index (χ0) is 23.4. The minimum Gasteiger partial charge on any atom is -0.383 e. The summed E-state index contributed by atoms with van der Waals surface area (Å²) >= 11 is 0. The van der Waals surface area contributed by atoms with E-state index in [2.05, 4.69) is 34.7 Å². The number of aromatic nitrogens is 2. The van der Waals surface area contributed by atoms with Crippen LogP contribution in [0.5, 0.6) is 0 Å². The predicted octanol–water partition coefficient (Wildman–Crippen LogP) is 4.23. The number of carbonyl (C=O) groups excluding carboxylic acids is 1. The Kier molecular flexibility index (Phi) is 7.91. The molecule has 0 spiro atoms. The second kappa shape index (κ2) is 10.9. The fraction of sp³-hybridized carbons (Fsp3) is 0.692. The summed E-state index contributed by atoms with van der Waals surface area (Å²) in [4.78, 5) is 22.8. The van der Waals surface area contributed by atoms with Crippen molar-refractivity contribution in [2.75, 3.05) is 45.7 Å². The van der Waals surface area contributed by atoms with Crippen LogP contribution in [0.3, 0.4) is 0 Å². The molecule has 7 nitrogen and oxygen atoms in total. The van der Waals surface area contributed by atoms with Gasteiger partial charge in [0.15, 0.2) is 0 Å². The number of rotatable bonds is 10. The fourth-order valence-electron chi connectivity index (χ4n) is 5.06. The summed E-state index contributed by atoms with van der Waals surface area (Å²) in [6.45, 7) is 9.32. The van der Waals surface area contributed by atoms with Crippen LogP contribution in [-0.4, -0.2) is 77.7 Å². The molecule has 182 valence electrons. The Bertz CT molecular complexity index is 938. The van der Waals surface area contributed by atoms with E-state index in [1.807, 2.05) is 24.1 Å². The van der Waals surface area contributed by atoms with Crippen molar-refractivity contribution < 1.29 is 9.53 Å². The highest BCUT2D eigenvalue weighted by atomic mass is 16.5. The van der Waals surface area contributed by atoms with Gasteiger partial charge in [0.2, 0.25) is 5.95 Å². The average Bonchev–Trinajstić information content (AvgIpc) is 3.59. The van der Waals surface area contributed by atoms with E-state index in [0.29, 0.717) is 12.6 Å². The van der Waals surface area contributed by atoms with Gasteiger partial charge in [0, 0.05) is 44.9 Å². The number of nitrogens with zero attached hydrogens (tertiary/aromatic N) is 4. The Morgan fingerprint density at radius 1 is 1.27 bits per heavy atom. The molecule has 1 aliphatic carbocycles. The van der Waals surface area contributed by atoms with E-state index in [0.717, 1.165) is 73.9 Å². The maximum atomic E-state index is 13.4. The van der Waals surface area contributed by atoms with Crippen LogP contribution in [0, 0.1) is 5.92 Å². The Labute approximate surface area is 198 Å². The van der Waals surface area contributed by atoms with E-state index >= 15 is 0 Å². The van der Waals surface area contributed by atoms with Crippen LogP contribution >= 0.6 is 0 Å². The lowest BCUT2D eigenvalue weighted by Crippen LogP contribution is -2.37. The van der Waals surface area contributed by atoms with Crippen molar-refractivity contribution in [1.29, 1.82) is 0 Å². The number of anilines is 1. The molecule has 2 aromatic rings. The molecule has 1 aromatic heterocycles. The van der Waals surface area contributed by atoms with Gasteiger partial charge < -0.3 is 24.4 Å². The first-order valence-electron chi connectivity index (χ1n) is 12.8. The van der Waals surface area contributed by atoms with Crippen molar-refractivity contribution in [1.82, 2.24) is 19.4 Å². The van der Waals surface area contributed by atoms with Crippen molar-refractivity contribution in [3.05, 3.63) is 23.8 Å². The predicted molar refractivity (Wildman–Crippen MR) is 134 cm³/mol. The van der Waals surface area contributed by atoms with Gasteiger partial charge >= 0.3 is 0 Å². The van der Waals surface area contributed by atoms with Crippen molar-refractivity contribution in [3.63, 3.8) is 0 Å². The zero-order valence-corrected chi connectivity index (χ0v) is 20.8. The van der Waals surface area contributed by atoms with Gasteiger partial charge in [-0.25, -0.2) is 4.98 Å². The lowest BCUT2D eigenvalue weighted by molar-refractivity contribution is 0.0718. The van der Waals surface area contributed by atoms with E-state index in [4.69, 9.17) is 9.72 Å². The highest BCUT2D eigenvalue weighted by molar-refractivity contribution is 5.97. The number of fused-ring (bicyclic) bond motifs is 1. The summed E-state index contributed by atoms with van der Waals surface area (Å²) < 4.78 is 7.58. The first kappa shape index (κ1) is 24.0. The Hall–Kier alpha value is -2.12. The normalized spacial score (nSPS) is 20.5. The molecule has 1 aromatic carbocycles. The molecule has 7 heteroatoms. The lowest BCUT2D eigenvalue weighted by Gasteiger charge is -2.27. The monoisotopic (exact) mass is 455 g/mol. The van der Waals surface area contributed by atoms with Gasteiger partial charge in [0.05, 0.1) is 17.6 Å². The lowest BCUT2D eigenvalue weighted by atomic mass is 10.1. The largest absolute Gasteiger partial charge is 0.383 e. The van der Waals surface area contributed by atoms with Crippen LogP contribution in [0.2, 0.25) is 0 Å². The number of amides is 1. The number of methoxy groups -OCH3 is 1. The number of ether oxygens (including phenoxy) is 1. The fourth-order valence-corrected chi connectivity index (χ4v) is 5.06. The molecule has 2 heterocycles. The van der Waals surface area contributed by atoms with E-state index in [1.54, 1.807) is 7.11 Å². The van der Waals surface area contributed by atoms with Gasteiger partial charge in [0.1, 0.15) is 0 Å². The maximum Gasteiger partial charge on any atom is 0.253 e. The molecule has 1 saturated carbocycles. The number of carbonyl (C=O) groups is 1. The number of likely N-dealkylation sites (tertiary alicyclic amines) is 1. The van der Waals surface area contributed by atoms with Crippen LogP contribution in [0.4, 0.5) is 5.95 Å². The van der Waals surface area contributed by atoms with Crippen LogP contribution in [-0.2, 0) is 11.3 Å². The molecular weight excluding hydrogens is 414 g/mol. The van der Waals surface area contributed by atoms with Gasteiger partial charge in [0.25, 0.3) is 5.91 Å². The summed E-state index contributed by atoms with van der Waals surface area (Å²) in [5.74, 6) is 1.71. The Balaban J connectivity index is 1.52. The van der Waals surface area contributed by atoms with Gasteiger partial charge in [-0.15, -0.1) is 0 Å². The molecular formula is C26H41N5O2. The summed E-state index contributed by atoms with van der Waals surface area (Å²) in [5, 5.41) is 3.51. The standard InChI is InChI=1S/C26H41N5O2/c1-5-13-30-14-6-7-22(12-15-30)29(3)25(32)21-10-11-24-23(16-21)28-26(27-19(2)18-33-4)31(24)17-20-8-9-20/h10-11,16,19-20,22H,5-9,12-15,17-18H2,1-4H3,(H,27,28)/t19-,22?/m0/s1. The van der Waals surface area contributed by atoms with Gasteiger partial charge in [-0.05, 0) is 82.7 Å². The summed E-state index contributed by atoms with van der Waals surface area (Å²) in [7, 11) is 3.69. The van der Waals surface area contributed by atoms with E-state index < -0.39 is 0 Å². The number of benzene rings is 1. The molecule has 33 heavy (non-hydrogen) atoms. The second-order valence-electron chi connectivity index (χ2n) is 10.0. The first-order chi connectivity index (χ1) is 16.0. The van der Waals surface area contributed by atoms with Crippen molar-refractivity contribution >= 4 is 22.9 Å². The van der Waals surface area contributed by atoms with Crippen molar-refractivity contribution in [2.45, 2.75) is 71.0 Å². The molecule has 1 saturated heterocycles. The maximum absolute atomic E-state index is 13.4. The minimum absolute atomic E-state index is 0.102. The van der Waals surface area contributed by atoms with E-state index in [9.17, 15) is 4.79 Å². The van der Waals surface area contributed by atoms with Crippen molar-refractivity contribution in [2.24, 2.45) is 5.92 Å². The summed E-state index contributed by atoms with van der Waals surface area (Å²) in [5.41, 5.74) is 2.71.